The minimum absolute atomic E-state index is 0.263. The molecule has 0 aliphatic carbocycles. The molecular formula is C14H19N3O2. The van der Waals surface area contributed by atoms with Crippen LogP contribution in [0.1, 0.15) is 30.8 Å². The lowest BCUT2D eigenvalue weighted by molar-refractivity contribution is 0.368. The van der Waals surface area contributed by atoms with Crippen molar-refractivity contribution in [2.24, 2.45) is 0 Å². The summed E-state index contributed by atoms with van der Waals surface area (Å²) in [5, 5.41) is 7.08. The van der Waals surface area contributed by atoms with E-state index in [4.69, 9.17) is 9.26 Å². The zero-order valence-corrected chi connectivity index (χ0v) is 11.3. The Morgan fingerprint density at radius 2 is 2.21 bits per heavy atom. The molecule has 1 unspecified atom stereocenters. The zero-order chi connectivity index (χ0) is 13.5. The molecule has 1 aromatic carbocycles. The third-order valence-electron chi connectivity index (χ3n) is 3.06. The third kappa shape index (κ3) is 3.54. The molecule has 19 heavy (non-hydrogen) atoms. The van der Waals surface area contributed by atoms with Crippen LogP contribution >= 0.6 is 0 Å². The van der Waals surface area contributed by atoms with Gasteiger partial charge in [-0.15, -0.1) is 0 Å². The molecule has 0 fully saturated rings. The number of hydrogen-bond donors (Lipinski definition) is 1. The first-order valence-electron chi connectivity index (χ1n) is 6.47. The van der Waals surface area contributed by atoms with E-state index in [1.807, 2.05) is 18.2 Å². The summed E-state index contributed by atoms with van der Waals surface area (Å²) in [6, 6.07) is 8.34. The molecule has 2 rings (SSSR count). The SMILES string of the molecule is CCC(NCCc1ncno1)c1ccccc1OC. The number of nitrogens with zero attached hydrogens (tertiary/aromatic N) is 2. The van der Waals surface area contributed by atoms with E-state index in [9.17, 15) is 0 Å². The lowest BCUT2D eigenvalue weighted by Crippen LogP contribution is -2.23. The first-order valence-corrected chi connectivity index (χ1v) is 6.47. The molecule has 0 aliphatic rings. The predicted octanol–water partition coefficient (Wildman–Crippen LogP) is 2.36. The molecule has 5 nitrogen and oxygen atoms in total. The van der Waals surface area contributed by atoms with Gasteiger partial charge in [0.05, 0.1) is 7.11 Å². The Bertz CT molecular complexity index is 485. The summed E-state index contributed by atoms with van der Waals surface area (Å²) in [6.07, 6.45) is 3.14. The second kappa shape index (κ2) is 6.89. The van der Waals surface area contributed by atoms with Crippen LogP contribution in [-0.4, -0.2) is 23.8 Å². The van der Waals surface area contributed by atoms with Crippen LogP contribution in [0.3, 0.4) is 0 Å². The lowest BCUT2D eigenvalue weighted by Gasteiger charge is -2.19. The first kappa shape index (κ1) is 13.5. The number of benzene rings is 1. The largest absolute Gasteiger partial charge is 0.496 e. The van der Waals surface area contributed by atoms with Crippen LogP contribution in [0.4, 0.5) is 0 Å². The minimum Gasteiger partial charge on any atom is -0.496 e. The summed E-state index contributed by atoms with van der Waals surface area (Å²) in [7, 11) is 1.70. The average Bonchev–Trinajstić information content (AvgIpc) is 2.97. The van der Waals surface area contributed by atoms with Crippen molar-refractivity contribution in [3.05, 3.63) is 42.0 Å². The number of hydrogen-bond acceptors (Lipinski definition) is 5. The standard InChI is InChI=1S/C14H19N3O2/c1-3-12(11-6-4-5-7-13(11)18-2)15-9-8-14-16-10-17-19-14/h4-7,10,12,15H,3,8-9H2,1-2H3. The van der Waals surface area contributed by atoms with Crippen LogP contribution in [-0.2, 0) is 6.42 Å². The van der Waals surface area contributed by atoms with Gasteiger partial charge in [0.2, 0.25) is 5.89 Å². The molecular weight excluding hydrogens is 242 g/mol. The Hall–Kier alpha value is -1.88. The monoisotopic (exact) mass is 261 g/mol. The smallest absolute Gasteiger partial charge is 0.227 e. The van der Waals surface area contributed by atoms with Gasteiger partial charge in [-0.2, -0.15) is 4.98 Å². The average molecular weight is 261 g/mol. The van der Waals surface area contributed by atoms with Crippen molar-refractivity contribution in [1.82, 2.24) is 15.5 Å². The van der Waals surface area contributed by atoms with Gasteiger partial charge in [0, 0.05) is 24.6 Å². The summed E-state index contributed by atoms with van der Waals surface area (Å²) in [6.45, 7) is 2.94. The van der Waals surface area contributed by atoms with E-state index in [0.29, 0.717) is 5.89 Å². The van der Waals surface area contributed by atoms with E-state index in [0.717, 1.165) is 25.1 Å². The fourth-order valence-electron chi connectivity index (χ4n) is 2.09. The van der Waals surface area contributed by atoms with Crippen LogP contribution in [0.2, 0.25) is 0 Å². The summed E-state index contributed by atoms with van der Waals surface area (Å²) >= 11 is 0. The van der Waals surface area contributed by atoms with Crippen molar-refractivity contribution >= 4 is 0 Å². The second-order valence-electron chi connectivity index (χ2n) is 4.24. The minimum atomic E-state index is 0.263. The quantitative estimate of drug-likeness (QED) is 0.829. The van der Waals surface area contributed by atoms with Gasteiger partial charge in [0.1, 0.15) is 5.75 Å². The van der Waals surface area contributed by atoms with Crippen molar-refractivity contribution in [3.8, 4) is 5.75 Å². The van der Waals surface area contributed by atoms with Crippen molar-refractivity contribution in [1.29, 1.82) is 0 Å². The number of ether oxygens (including phenoxy) is 1. The highest BCUT2D eigenvalue weighted by atomic mass is 16.5. The molecule has 0 bridgehead atoms. The van der Waals surface area contributed by atoms with Crippen molar-refractivity contribution in [2.75, 3.05) is 13.7 Å². The van der Waals surface area contributed by atoms with Gasteiger partial charge in [-0.3, -0.25) is 0 Å². The Morgan fingerprint density at radius 1 is 1.37 bits per heavy atom. The Balaban J connectivity index is 1.95. The normalized spacial score (nSPS) is 12.3. The van der Waals surface area contributed by atoms with E-state index >= 15 is 0 Å². The number of rotatable bonds is 7. The summed E-state index contributed by atoms with van der Waals surface area (Å²) < 4.78 is 10.4. The molecule has 5 heteroatoms. The highest BCUT2D eigenvalue weighted by Crippen LogP contribution is 2.26. The number of aromatic nitrogens is 2. The maximum absolute atomic E-state index is 5.40. The summed E-state index contributed by atoms with van der Waals surface area (Å²) in [5.41, 5.74) is 1.18. The van der Waals surface area contributed by atoms with Gasteiger partial charge < -0.3 is 14.6 Å². The fourth-order valence-corrected chi connectivity index (χ4v) is 2.09. The molecule has 2 aromatic rings. The van der Waals surface area contributed by atoms with E-state index in [1.165, 1.54) is 11.9 Å². The Kier molecular flexibility index (Phi) is 4.92. The Labute approximate surface area is 113 Å². The molecule has 0 spiro atoms. The molecule has 1 N–H and O–H groups in total. The summed E-state index contributed by atoms with van der Waals surface area (Å²) in [5.74, 6) is 1.57. The fraction of sp³-hybridized carbons (Fsp3) is 0.429. The van der Waals surface area contributed by atoms with Crippen LogP contribution in [0.25, 0.3) is 0 Å². The molecule has 1 aromatic heterocycles. The van der Waals surface area contributed by atoms with Gasteiger partial charge in [-0.25, -0.2) is 0 Å². The molecule has 0 saturated heterocycles. The van der Waals surface area contributed by atoms with Crippen molar-refractivity contribution in [3.63, 3.8) is 0 Å². The number of methoxy groups -OCH3 is 1. The van der Waals surface area contributed by atoms with E-state index in [2.05, 4.69) is 28.4 Å². The van der Waals surface area contributed by atoms with Crippen LogP contribution < -0.4 is 10.1 Å². The van der Waals surface area contributed by atoms with E-state index in [1.54, 1.807) is 7.11 Å². The van der Waals surface area contributed by atoms with Gasteiger partial charge in [-0.1, -0.05) is 30.3 Å². The van der Waals surface area contributed by atoms with Crippen LogP contribution in [0.5, 0.6) is 5.75 Å². The molecule has 1 atom stereocenters. The molecule has 0 saturated carbocycles. The Morgan fingerprint density at radius 3 is 2.89 bits per heavy atom. The lowest BCUT2D eigenvalue weighted by atomic mass is 10.0. The van der Waals surface area contributed by atoms with Crippen LogP contribution in [0, 0.1) is 0 Å². The van der Waals surface area contributed by atoms with Crippen molar-refractivity contribution < 1.29 is 9.26 Å². The molecule has 102 valence electrons. The maximum Gasteiger partial charge on any atom is 0.227 e. The number of nitrogens with one attached hydrogen (secondary N) is 1. The molecule has 1 heterocycles. The summed E-state index contributed by atoms with van der Waals surface area (Å²) in [4.78, 5) is 4.00. The van der Waals surface area contributed by atoms with Crippen LogP contribution in [0.15, 0.2) is 35.1 Å². The first-order chi connectivity index (χ1) is 9.35. The van der Waals surface area contributed by atoms with Gasteiger partial charge in [0.15, 0.2) is 6.33 Å². The van der Waals surface area contributed by atoms with Crippen molar-refractivity contribution in [2.45, 2.75) is 25.8 Å². The van der Waals surface area contributed by atoms with E-state index in [-0.39, 0.29) is 6.04 Å². The van der Waals surface area contributed by atoms with Gasteiger partial charge in [-0.05, 0) is 12.5 Å². The number of para-hydroxylation sites is 1. The highest BCUT2D eigenvalue weighted by molar-refractivity contribution is 5.35. The maximum atomic E-state index is 5.40. The van der Waals surface area contributed by atoms with Gasteiger partial charge in [0.25, 0.3) is 0 Å². The third-order valence-corrected chi connectivity index (χ3v) is 3.06. The molecule has 0 radical (unpaired) electrons. The van der Waals surface area contributed by atoms with Gasteiger partial charge >= 0.3 is 0 Å². The van der Waals surface area contributed by atoms with E-state index < -0.39 is 0 Å². The second-order valence-corrected chi connectivity index (χ2v) is 4.24. The molecule has 0 aliphatic heterocycles. The topological polar surface area (TPSA) is 60.2 Å². The predicted molar refractivity (Wildman–Crippen MR) is 72.0 cm³/mol. The zero-order valence-electron chi connectivity index (χ0n) is 11.3. The molecule has 0 amide bonds. The highest BCUT2D eigenvalue weighted by Gasteiger charge is 2.13.